The highest BCUT2D eigenvalue weighted by Gasteiger charge is 2.33. The van der Waals surface area contributed by atoms with Gasteiger partial charge in [-0.1, -0.05) is 0 Å². The first-order valence-electron chi connectivity index (χ1n) is 9.31. The molecule has 0 aromatic carbocycles. The summed E-state index contributed by atoms with van der Waals surface area (Å²) in [7, 11) is 0. The van der Waals surface area contributed by atoms with Crippen molar-refractivity contribution in [2.45, 2.75) is 19.0 Å². The Morgan fingerprint density at radius 3 is 2.80 bits per heavy atom. The lowest BCUT2D eigenvalue weighted by molar-refractivity contribution is -0.141. The van der Waals surface area contributed by atoms with Crippen molar-refractivity contribution >= 4 is 17.7 Å². The van der Waals surface area contributed by atoms with E-state index in [0.717, 1.165) is 37.4 Å². The minimum absolute atomic E-state index is 0.121. The average molecular weight is 416 g/mol. The minimum Gasteiger partial charge on any atom is -0.404 e. The van der Waals surface area contributed by atoms with E-state index in [1.54, 1.807) is 12.3 Å². The van der Waals surface area contributed by atoms with Crippen molar-refractivity contribution in [3.63, 3.8) is 0 Å². The van der Waals surface area contributed by atoms with Crippen molar-refractivity contribution in [2.24, 2.45) is 11.7 Å². The van der Waals surface area contributed by atoms with Gasteiger partial charge in [0, 0.05) is 37.6 Å². The standard InChI is InChI=1S/C19H19F3N8/c20-19(21,22)15-11-30-14(8-27-17(30)9-26-15)18-25-4-3-16(28-18)29-5-1-2-12(10-29)13(6-23)7-24/h3-4,6-9,11-12,23H,1-2,5,10,24H2. The molecular weight excluding hydrogens is 397 g/mol. The Labute approximate surface area is 169 Å². The molecule has 0 bridgehead atoms. The highest BCUT2D eigenvalue weighted by molar-refractivity contribution is 5.76. The van der Waals surface area contributed by atoms with Crippen LogP contribution in [0.15, 0.2) is 42.6 Å². The van der Waals surface area contributed by atoms with Crippen LogP contribution in [0.5, 0.6) is 0 Å². The van der Waals surface area contributed by atoms with Crippen LogP contribution >= 0.6 is 0 Å². The van der Waals surface area contributed by atoms with E-state index in [-0.39, 0.29) is 17.4 Å². The molecule has 3 N–H and O–H groups in total. The van der Waals surface area contributed by atoms with E-state index in [1.165, 1.54) is 23.0 Å². The van der Waals surface area contributed by atoms with Gasteiger partial charge in [0.2, 0.25) is 0 Å². The van der Waals surface area contributed by atoms with Gasteiger partial charge in [0.1, 0.15) is 11.5 Å². The molecule has 0 spiro atoms. The van der Waals surface area contributed by atoms with Crippen molar-refractivity contribution in [1.29, 1.82) is 5.41 Å². The van der Waals surface area contributed by atoms with Gasteiger partial charge < -0.3 is 16.0 Å². The SMILES string of the molecule is N=CC(=CN)C1CCCN(c2ccnc(-c3cnc4cnc(C(F)(F)F)cn34)n2)C1. The molecule has 30 heavy (non-hydrogen) atoms. The predicted molar refractivity (Wildman–Crippen MR) is 105 cm³/mol. The summed E-state index contributed by atoms with van der Waals surface area (Å²) in [4.78, 5) is 18.4. The number of aromatic nitrogens is 5. The number of piperidine rings is 1. The van der Waals surface area contributed by atoms with Crippen LogP contribution in [-0.2, 0) is 6.18 Å². The van der Waals surface area contributed by atoms with E-state index in [2.05, 4.69) is 24.8 Å². The summed E-state index contributed by atoms with van der Waals surface area (Å²) in [6, 6.07) is 1.76. The first-order chi connectivity index (χ1) is 14.4. The van der Waals surface area contributed by atoms with Crippen LogP contribution in [0.25, 0.3) is 17.2 Å². The van der Waals surface area contributed by atoms with E-state index >= 15 is 0 Å². The summed E-state index contributed by atoms with van der Waals surface area (Å²) in [5.41, 5.74) is 5.99. The van der Waals surface area contributed by atoms with Gasteiger partial charge in [-0.2, -0.15) is 13.2 Å². The first-order valence-corrected chi connectivity index (χ1v) is 9.31. The zero-order valence-electron chi connectivity index (χ0n) is 15.8. The second-order valence-electron chi connectivity index (χ2n) is 6.98. The van der Waals surface area contributed by atoms with Crippen molar-refractivity contribution in [1.82, 2.24) is 24.3 Å². The summed E-state index contributed by atoms with van der Waals surface area (Å²) in [6.07, 6.45) is 4.96. The monoisotopic (exact) mass is 416 g/mol. The van der Waals surface area contributed by atoms with Crippen molar-refractivity contribution in [3.8, 4) is 11.5 Å². The maximum atomic E-state index is 13.1. The highest BCUT2D eigenvalue weighted by Crippen LogP contribution is 2.29. The molecule has 1 fully saturated rings. The third-order valence-electron chi connectivity index (χ3n) is 5.13. The van der Waals surface area contributed by atoms with Crippen LogP contribution in [0.3, 0.4) is 0 Å². The molecule has 0 aliphatic carbocycles. The van der Waals surface area contributed by atoms with Crippen LogP contribution in [0.4, 0.5) is 19.0 Å². The van der Waals surface area contributed by atoms with Crippen LogP contribution < -0.4 is 10.6 Å². The Morgan fingerprint density at radius 2 is 2.07 bits per heavy atom. The Bertz CT molecular complexity index is 1100. The lowest BCUT2D eigenvalue weighted by Crippen LogP contribution is -2.37. The summed E-state index contributed by atoms with van der Waals surface area (Å²) in [5.74, 6) is 1.05. The van der Waals surface area contributed by atoms with Crippen molar-refractivity contribution in [3.05, 3.63) is 48.3 Å². The summed E-state index contributed by atoms with van der Waals surface area (Å²) in [5, 5.41) is 7.52. The van der Waals surface area contributed by atoms with Gasteiger partial charge in [-0.15, -0.1) is 0 Å². The third kappa shape index (κ3) is 3.70. The largest absolute Gasteiger partial charge is 0.434 e. The Morgan fingerprint density at radius 1 is 1.23 bits per heavy atom. The second kappa shape index (κ2) is 7.73. The molecule has 156 valence electrons. The number of hydrogen-bond donors (Lipinski definition) is 2. The van der Waals surface area contributed by atoms with Gasteiger partial charge in [0.05, 0.1) is 12.4 Å². The maximum Gasteiger partial charge on any atom is 0.434 e. The molecular formula is C19H19F3N8. The van der Waals surface area contributed by atoms with E-state index in [0.29, 0.717) is 18.1 Å². The normalized spacial score (nSPS) is 18.0. The number of anilines is 1. The zero-order chi connectivity index (χ0) is 21.3. The predicted octanol–water partition coefficient (Wildman–Crippen LogP) is 2.91. The van der Waals surface area contributed by atoms with Crippen LogP contribution in [0, 0.1) is 11.3 Å². The molecule has 1 saturated heterocycles. The number of nitrogens with one attached hydrogen (secondary N) is 1. The number of nitrogens with two attached hydrogens (primary N) is 1. The third-order valence-corrected chi connectivity index (χ3v) is 5.13. The van der Waals surface area contributed by atoms with Crippen molar-refractivity contribution in [2.75, 3.05) is 18.0 Å². The quantitative estimate of drug-likeness (QED) is 0.633. The van der Waals surface area contributed by atoms with Gasteiger partial charge in [0.25, 0.3) is 0 Å². The molecule has 1 aliphatic heterocycles. The highest BCUT2D eigenvalue weighted by atomic mass is 19.4. The lowest BCUT2D eigenvalue weighted by atomic mass is 9.91. The summed E-state index contributed by atoms with van der Waals surface area (Å²) in [6.45, 7) is 1.42. The molecule has 4 heterocycles. The summed E-state index contributed by atoms with van der Waals surface area (Å²) >= 11 is 0. The minimum atomic E-state index is -4.57. The molecule has 11 heteroatoms. The molecule has 0 saturated carbocycles. The number of alkyl halides is 3. The molecule has 1 aliphatic rings. The van der Waals surface area contributed by atoms with Crippen LogP contribution in [0.1, 0.15) is 18.5 Å². The van der Waals surface area contributed by atoms with E-state index in [4.69, 9.17) is 11.1 Å². The Kier molecular flexibility index (Phi) is 5.10. The number of hydrogen-bond acceptors (Lipinski definition) is 7. The fourth-order valence-corrected chi connectivity index (χ4v) is 3.61. The first kappa shape index (κ1) is 19.8. The van der Waals surface area contributed by atoms with Gasteiger partial charge in [-0.3, -0.25) is 4.40 Å². The Hall–Kier alpha value is -3.50. The summed E-state index contributed by atoms with van der Waals surface area (Å²) < 4.78 is 40.5. The molecule has 8 nitrogen and oxygen atoms in total. The van der Waals surface area contributed by atoms with Gasteiger partial charge in [0.15, 0.2) is 17.2 Å². The molecule has 4 rings (SSSR count). The molecule has 1 unspecified atom stereocenters. The molecule has 0 radical (unpaired) electrons. The van der Waals surface area contributed by atoms with Gasteiger partial charge in [-0.25, -0.2) is 19.9 Å². The lowest BCUT2D eigenvalue weighted by Gasteiger charge is -2.34. The number of fused-ring (bicyclic) bond motifs is 1. The van der Waals surface area contributed by atoms with Gasteiger partial charge >= 0.3 is 6.18 Å². The fourth-order valence-electron chi connectivity index (χ4n) is 3.61. The van der Waals surface area contributed by atoms with E-state index in [9.17, 15) is 13.2 Å². The van der Waals surface area contributed by atoms with Crippen LogP contribution in [0.2, 0.25) is 0 Å². The molecule has 0 amide bonds. The van der Waals surface area contributed by atoms with Gasteiger partial charge in [-0.05, 0) is 30.7 Å². The topological polar surface area (TPSA) is 109 Å². The number of rotatable bonds is 4. The number of imidazole rings is 1. The van der Waals surface area contributed by atoms with E-state index in [1.807, 2.05) is 0 Å². The van der Waals surface area contributed by atoms with Crippen molar-refractivity contribution < 1.29 is 13.2 Å². The smallest absolute Gasteiger partial charge is 0.404 e. The second-order valence-corrected chi connectivity index (χ2v) is 6.98. The molecule has 1 atom stereocenters. The Balaban J connectivity index is 1.68. The average Bonchev–Trinajstić information content (AvgIpc) is 3.18. The van der Waals surface area contributed by atoms with E-state index < -0.39 is 11.9 Å². The molecule has 3 aromatic rings. The number of nitrogens with zero attached hydrogens (tertiary/aromatic N) is 6. The zero-order valence-corrected chi connectivity index (χ0v) is 15.8. The number of halogens is 3. The fraction of sp³-hybridized carbons (Fsp3) is 0.316. The maximum absolute atomic E-state index is 13.1. The van der Waals surface area contributed by atoms with Crippen LogP contribution in [-0.4, -0.2) is 43.6 Å². The molecule has 3 aromatic heterocycles.